The third-order valence-corrected chi connectivity index (χ3v) is 5.14. The van der Waals surface area contributed by atoms with Gasteiger partial charge in [0.25, 0.3) is 11.8 Å². The minimum absolute atomic E-state index is 0.252. The van der Waals surface area contributed by atoms with Crippen LogP contribution in [0.4, 0.5) is 20.2 Å². The fourth-order valence-corrected chi connectivity index (χ4v) is 3.49. The monoisotopic (exact) mass is 444 g/mol. The highest BCUT2D eigenvalue weighted by atomic mass is 19.1. The van der Waals surface area contributed by atoms with E-state index in [2.05, 4.69) is 20.8 Å². The van der Waals surface area contributed by atoms with Gasteiger partial charge in [0.15, 0.2) is 0 Å². The Morgan fingerprint density at radius 3 is 1.59 bits per heavy atom. The molecule has 0 bridgehead atoms. The van der Waals surface area contributed by atoms with E-state index in [0.717, 1.165) is 18.9 Å². The molecule has 0 aliphatic rings. The van der Waals surface area contributed by atoms with Crippen molar-refractivity contribution in [2.24, 2.45) is 14.1 Å². The standard InChI is InChI=1S/C22H26F2N6O2/c1-5-7-19-13(11-25-29(19)3)21(31)27-17-10-18(16(24)9-15(17)23)28-22(32)14-12-26-30(4)20(14)8-6-2/h9-12H,5-8H2,1-4H3,(H,27,31)(H,28,32). The lowest BCUT2D eigenvalue weighted by molar-refractivity contribution is 0.101. The zero-order valence-corrected chi connectivity index (χ0v) is 18.5. The number of aryl methyl sites for hydroxylation is 2. The van der Waals surface area contributed by atoms with Crippen molar-refractivity contribution in [2.75, 3.05) is 10.6 Å². The van der Waals surface area contributed by atoms with Gasteiger partial charge in [-0.05, 0) is 18.9 Å². The number of amides is 2. The van der Waals surface area contributed by atoms with Crippen molar-refractivity contribution in [3.63, 3.8) is 0 Å². The maximum atomic E-state index is 14.4. The SMILES string of the molecule is CCCc1c(C(=O)Nc2cc(NC(=O)c3cnn(C)c3CCC)c(F)cc2F)cnn1C. The molecule has 0 atom stereocenters. The molecule has 2 aromatic heterocycles. The largest absolute Gasteiger partial charge is 0.319 e. The van der Waals surface area contributed by atoms with Gasteiger partial charge in [0.1, 0.15) is 11.6 Å². The Morgan fingerprint density at radius 2 is 1.22 bits per heavy atom. The van der Waals surface area contributed by atoms with Gasteiger partial charge in [0, 0.05) is 20.2 Å². The van der Waals surface area contributed by atoms with E-state index in [-0.39, 0.29) is 11.4 Å². The van der Waals surface area contributed by atoms with Crippen LogP contribution in [0.2, 0.25) is 0 Å². The van der Waals surface area contributed by atoms with E-state index >= 15 is 0 Å². The quantitative estimate of drug-likeness (QED) is 0.552. The van der Waals surface area contributed by atoms with E-state index in [0.29, 0.717) is 41.4 Å². The maximum absolute atomic E-state index is 14.4. The average molecular weight is 444 g/mol. The summed E-state index contributed by atoms with van der Waals surface area (Å²) in [6.07, 6.45) is 5.66. The molecule has 8 nitrogen and oxygen atoms in total. The molecule has 0 aliphatic carbocycles. The van der Waals surface area contributed by atoms with E-state index in [9.17, 15) is 18.4 Å². The van der Waals surface area contributed by atoms with E-state index in [1.54, 1.807) is 23.5 Å². The molecule has 2 amide bonds. The van der Waals surface area contributed by atoms with Crippen LogP contribution in [-0.2, 0) is 26.9 Å². The summed E-state index contributed by atoms with van der Waals surface area (Å²) < 4.78 is 32.0. The van der Waals surface area contributed by atoms with Crippen LogP contribution in [0.3, 0.4) is 0 Å². The smallest absolute Gasteiger partial charge is 0.259 e. The van der Waals surface area contributed by atoms with Gasteiger partial charge in [-0.25, -0.2) is 8.78 Å². The number of nitrogens with one attached hydrogen (secondary N) is 2. The van der Waals surface area contributed by atoms with Crippen LogP contribution in [0.25, 0.3) is 0 Å². The molecule has 2 N–H and O–H groups in total. The average Bonchev–Trinajstić information content (AvgIpc) is 3.29. The lowest BCUT2D eigenvalue weighted by atomic mass is 10.1. The third-order valence-electron chi connectivity index (χ3n) is 5.14. The minimum atomic E-state index is -0.956. The van der Waals surface area contributed by atoms with E-state index < -0.39 is 23.4 Å². The van der Waals surface area contributed by atoms with Gasteiger partial charge < -0.3 is 10.6 Å². The number of benzene rings is 1. The Kier molecular flexibility index (Phi) is 7.01. The van der Waals surface area contributed by atoms with Gasteiger partial charge in [0.2, 0.25) is 0 Å². The predicted molar refractivity (Wildman–Crippen MR) is 117 cm³/mol. The normalized spacial score (nSPS) is 10.9. The molecule has 1 aromatic carbocycles. The molecule has 0 radical (unpaired) electrons. The fraction of sp³-hybridized carbons (Fsp3) is 0.364. The number of carbonyl (C=O) groups excluding carboxylic acids is 2. The first-order valence-corrected chi connectivity index (χ1v) is 10.4. The van der Waals surface area contributed by atoms with Crippen molar-refractivity contribution in [1.82, 2.24) is 19.6 Å². The topological polar surface area (TPSA) is 93.8 Å². The number of aromatic nitrogens is 4. The van der Waals surface area contributed by atoms with Crippen LogP contribution < -0.4 is 10.6 Å². The zero-order valence-electron chi connectivity index (χ0n) is 18.5. The summed E-state index contributed by atoms with van der Waals surface area (Å²) >= 11 is 0. The second kappa shape index (κ2) is 9.71. The van der Waals surface area contributed by atoms with Crippen molar-refractivity contribution in [3.8, 4) is 0 Å². The number of rotatable bonds is 8. The van der Waals surface area contributed by atoms with Crippen LogP contribution in [0.1, 0.15) is 58.8 Å². The number of hydrogen-bond donors (Lipinski definition) is 2. The van der Waals surface area contributed by atoms with Gasteiger partial charge in [-0.3, -0.25) is 19.0 Å². The Balaban J connectivity index is 1.85. The second-order valence-electron chi connectivity index (χ2n) is 7.48. The molecular formula is C22H26F2N6O2. The van der Waals surface area contributed by atoms with E-state index in [1.165, 1.54) is 12.4 Å². The van der Waals surface area contributed by atoms with Crippen molar-refractivity contribution in [1.29, 1.82) is 0 Å². The van der Waals surface area contributed by atoms with Gasteiger partial charge in [-0.15, -0.1) is 0 Å². The predicted octanol–water partition coefficient (Wildman–Crippen LogP) is 3.84. The van der Waals surface area contributed by atoms with Gasteiger partial charge in [0.05, 0.1) is 46.3 Å². The summed E-state index contributed by atoms with van der Waals surface area (Å²) in [4.78, 5) is 25.4. The number of carbonyl (C=O) groups is 2. The van der Waals surface area contributed by atoms with E-state index in [4.69, 9.17) is 0 Å². The summed E-state index contributed by atoms with van der Waals surface area (Å²) in [7, 11) is 3.44. The molecule has 0 saturated carbocycles. The molecule has 0 fully saturated rings. The Labute approximate surface area is 184 Å². The molecule has 3 rings (SSSR count). The molecule has 3 aromatic rings. The summed E-state index contributed by atoms with van der Waals surface area (Å²) in [5.74, 6) is -3.05. The molecule has 32 heavy (non-hydrogen) atoms. The molecular weight excluding hydrogens is 418 g/mol. The molecule has 0 spiro atoms. The maximum Gasteiger partial charge on any atom is 0.259 e. The summed E-state index contributed by atoms with van der Waals surface area (Å²) in [6.45, 7) is 3.94. The van der Waals surface area contributed by atoms with Crippen LogP contribution in [0.15, 0.2) is 24.5 Å². The number of anilines is 2. The fourth-order valence-electron chi connectivity index (χ4n) is 3.49. The first-order chi connectivity index (χ1) is 15.3. The van der Waals surface area contributed by atoms with Gasteiger partial charge in [-0.1, -0.05) is 26.7 Å². The minimum Gasteiger partial charge on any atom is -0.319 e. The van der Waals surface area contributed by atoms with Gasteiger partial charge in [-0.2, -0.15) is 10.2 Å². The molecule has 170 valence electrons. The van der Waals surface area contributed by atoms with Gasteiger partial charge >= 0.3 is 0 Å². The molecule has 2 heterocycles. The van der Waals surface area contributed by atoms with Crippen LogP contribution in [0, 0.1) is 11.6 Å². The summed E-state index contributed by atoms with van der Waals surface area (Å²) in [6, 6.07) is 1.68. The molecule has 0 unspecified atom stereocenters. The van der Waals surface area contributed by atoms with E-state index in [1.807, 2.05) is 13.8 Å². The Morgan fingerprint density at radius 1 is 0.812 bits per heavy atom. The molecule has 10 heteroatoms. The zero-order chi connectivity index (χ0) is 23.4. The summed E-state index contributed by atoms with van der Waals surface area (Å²) in [5, 5.41) is 13.1. The second-order valence-corrected chi connectivity index (χ2v) is 7.48. The van der Waals surface area contributed by atoms with Crippen LogP contribution in [-0.4, -0.2) is 31.4 Å². The Bertz CT molecular complexity index is 1070. The molecule has 0 aliphatic heterocycles. The van der Waals surface area contributed by atoms with Crippen molar-refractivity contribution in [3.05, 3.63) is 58.7 Å². The number of hydrogen-bond acceptors (Lipinski definition) is 4. The lowest BCUT2D eigenvalue weighted by Crippen LogP contribution is -2.18. The van der Waals surface area contributed by atoms with Crippen LogP contribution in [0.5, 0.6) is 0 Å². The highest BCUT2D eigenvalue weighted by Crippen LogP contribution is 2.25. The van der Waals surface area contributed by atoms with Crippen molar-refractivity contribution < 1.29 is 18.4 Å². The van der Waals surface area contributed by atoms with Crippen molar-refractivity contribution >= 4 is 23.2 Å². The van der Waals surface area contributed by atoms with Crippen molar-refractivity contribution in [2.45, 2.75) is 39.5 Å². The third kappa shape index (κ3) is 4.68. The highest BCUT2D eigenvalue weighted by Gasteiger charge is 2.21. The highest BCUT2D eigenvalue weighted by molar-refractivity contribution is 6.07. The lowest BCUT2D eigenvalue weighted by Gasteiger charge is -2.12. The first kappa shape index (κ1) is 23.1. The number of nitrogens with zero attached hydrogens (tertiary/aromatic N) is 4. The number of halogens is 2. The first-order valence-electron chi connectivity index (χ1n) is 10.4. The van der Waals surface area contributed by atoms with Crippen LogP contribution >= 0.6 is 0 Å². The molecule has 0 saturated heterocycles. The Hall–Kier alpha value is -3.56. The summed E-state index contributed by atoms with van der Waals surface area (Å²) in [5.41, 5.74) is 1.53.